The van der Waals surface area contributed by atoms with Crippen molar-refractivity contribution in [1.82, 2.24) is 5.32 Å². The molecule has 2 N–H and O–H groups in total. The number of Topliss-reactive ketones (excluding diaryl/α,β-unsaturated/α-hetero) is 1. The number of esters is 1. The number of dihydropyridines is 1. The summed E-state index contributed by atoms with van der Waals surface area (Å²) in [6.07, 6.45) is 0.936. The molecule has 0 amide bonds. The van der Waals surface area contributed by atoms with Crippen LogP contribution in [-0.2, 0) is 14.3 Å². The number of ether oxygens (including phenoxy) is 1. The first-order valence-corrected chi connectivity index (χ1v) is 8.85. The molecule has 3 rings (SSSR count). The first-order chi connectivity index (χ1) is 13.1. The van der Waals surface area contributed by atoms with Gasteiger partial charge in [0.05, 0.1) is 17.6 Å². The van der Waals surface area contributed by atoms with E-state index in [9.17, 15) is 24.8 Å². The number of nitro groups is 1. The van der Waals surface area contributed by atoms with Crippen LogP contribution in [0.15, 0.2) is 40.7 Å². The summed E-state index contributed by atoms with van der Waals surface area (Å²) in [5, 5.41) is 24.3. The van der Waals surface area contributed by atoms with Crippen LogP contribution in [0.1, 0.15) is 45.1 Å². The highest BCUT2D eigenvalue weighted by Gasteiger charge is 2.43. The molecule has 8 heteroatoms. The minimum absolute atomic E-state index is 0.101. The molecule has 0 radical (unpaired) electrons. The van der Waals surface area contributed by atoms with Gasteiger partial charge < -0.3 is 15.2 Å². The van der Waals surface area contributed by atoms with Crippen LogP contribution in [0.25, 0.3) is 0 Å². The number of nitrogens with zero attached hydrogens (tertiary/aromatic N) is 1. The smallest absolute Gasteiger partial charge is 0.336 e. The Hall–Kier alpha value is -3.16. The predicted molar refractivity (Wildman–Crippen MR) is 100 cm³/mol. The van der Waals surface area contributed by atoms with E-state index in [1.807, 2.05) is 13.8 Å². The lowest BCUT2D eigenvalue weighted by Crippen LogP contribution is -2.38. The SMILES string of the molecule is COC(=O)C1=C(C)NC2=C(C(=O)CC(C)(C)C2)C1c1ccc([N+](=O)[O-])c(O)c1. The predicted octanol–water partition coefficient (Wildman–Crippen LogP) is 3.08. The van der Waals surface area contributed by atoms with E-state index in [1.165, 1.54) is 25.3 Å². The third-order valence-electron chi connectivity index (χ3n) is 5.17. The molecule has 0 bridgehead atoms. The number of carbonyl (C=O) groups is 2. The second-order valence-corrected chi connectivity index (χ2v) is 7.93. The summed E-state index contributed by atoms with van der Waals surface area (Å²) in [7, 11) is 1.25. The Bertz CT molecular complexity index is 957. The van der Waals surface area contributed by atoms with Gasteiger partial charge in [0.2, 0.25) is 0 Å². The van der Waals surface area contributed by atoms with Gasteiger partial charge in [-0.1, -0.05) is 19.9 Å². The van der Waals surface area contributed by atoms with Crippen LogP contribution in [0.3, 0.4) is 0 Å². The zero-order valence-electron chi connectivity index (χ0n) is 16.2. The average Bonchev–Trinajstić information content (AvgIpc) is 2.58. The maximum atomic E-state index is 13.0. The zero-order valence-corrected chi connectivity index (χ0v) is 16.2. The highest BCUT2D eigenvalue weighted by molar-refractivity contribution is 6.04. The van der Waals surface area contributed by atoms with Crippen molar-refractivity contribution in [3.63, 3.8) is 0 Å². The molecule has 0 aromatic heterocycles. The summed E-state index contributed by atoms with van der Waals surface area (Å²) in [5.74, 6) is -1.99. The summed E-state index contributed by atoms with van der Waals surface area (Å²) >= 11 is 0. The molecule has 1 aliphatic heterocycles. The summed E-state index contributed by atoms with van der Waals surface area (Å²) < 4.78 is 4.92. The van der Waals surface area contributed by atoms with Gasteiger partial charge in [-0.2, -0.15) is 0 Å². The van der Waals surface area contributed by atoms with Crippen molar-refractivity contribution in [2.75, 3.05) is 7.11 Å². The van der Waals surface area contributed by atoms with Gasteiger partial charge in [-0.3, -0.25) is 14.9 Å². The lowest BCUT2D eigenvalue weighted by atomic mass is 9.68. The Morgan fingerprint density at radius 3 is 2.61 bits per heavy atom. The number of phenolic OH excluding ortho intramolecular Hbond substituents is 1. The minimum atomic E-state index is -0.765. The molecule has 8 nitrogen and oxygen atoms in total. The molecule has 0 fully saturated rings. The molecule has 0 spiro atoms. The third-order valence-corrected chi connectivity index (χ3v) is 5.17. The molecule has 0 saturated heterocycles. The van der Waals surface area contributed by atoms with Gasteiger partial charge in [-0.25, -0.2) is 4.79 Å². The van der Waals surface area contributed by atoms with Gasteiger partial charge in [0.1, 0.15) is 0 Å². The van der Waals surface area contributed by atoms with E-state index >= 15 is 0 Å². The summed E-state index contributed by atoms with van der Waals surface area (Å²) in [4.78, 5) is 35.8. The number of benzene rings is 1. The van der Waals surface area contributed by atoms with Crippen LogP contribution < -0.4 is 5.32 Å². The number of nitro benzene ring substituents is 1. The fourth-order valence-corrected chi connectivity index (χ4v) is 4.02. The van der Waals surface area contributed by atoms with Gasteiger partial charge >= 0.3 is 11.7 Å². The first kappa shape index (κ1) is 19.6. The maximum absolute atomic E-state index is 13.0. The number of methoxy groups -OCH3 is 1. The Morgan fingerprint density at radius 1 is 1.36 bits per heavy atom. The van der Waals surface area contributed by atoms with Gasteiger partial charge in [0.15, 0.2) is 11.5 Å². The number of ketones is 1. The number of phenols is 1. The highest BCUT2D eigenvalue weighted by atomic mass is 16.6. The quantitative estimate of drug-likeness (QED) is 0.465. The zero-order chi connectivity index (χ0) is 20.8. The van der Waals surface area contributed by atoms with E-state index in [2.05, 4.69) is 5.32 Å². The van der Waals surface area contributed by atoms with Crippen molar-refractivity contribution < 1.29 is 24.4 Å². The van der Waals surface area contributed by atoms with Crippen LogP contribution >= 0.6 is 0 Å². The van der Waals surface area contributed by atoms with Gasteiger partial charge in [-0.15, -0.1) is 0 Å². The number of rotatable bonds is 3. The summed E-state index contributed by atoms with van der Waals surface area (Å²) in [6, 6.07) is 3.87. The van der Waals surface area contributed by atoms with E-state index in [-0.39, 0.29) is 16.8 Å². The van der Waals surface area contributed by atoms with Crippen molar-refractivity contribution in [1.29, 1.82) is 0 Å². The normalized spacial score (nSPS) is 21.1. The molecule has 0 saturated carbocycles. The maximum Gasteiger partial charge on any atom is 0.336 e. The molecular formula is C20H22N2O6. The van der Waals surface area contributed by atoms with E-state index in [0.717, 1.165) is 5.70 Å². The molecule has 1 aromatic carbocycles. The number of allylic oxidation sites excluding steroid dienone is 3. The Balaban J connectivity index is 2.22. The number of nitrogens with one attached hydrogen (secondary N) is 1. The fraction of sp³-hybridized carbons (Fsp3) is 0.400. The van der Waals surface area contributed by atoms with Crippen molar-refractivity contribution >= 4 is 17.4 Å². The highest BCUT2D eigenvalue weighted by Crippen LogP contribution is 2.47. The molecule has 2 aliphatic rings. The van der Waals surface area contributed by atoms with E-state index in [4.69, 9.17) is 4.74 Å². The molecule has 1 aliphatic carbocycles. The standard InChI is InChI=1S/C20H22N2O6/c1-10-16(19(25)28-4)17(11-5-6-13(22(26)27)14(23)7-11)18-12(21-10)8-20(2,3)9-15(18)24/h5-7,17,21,23H,8-9H2,1-4H3. The number of carbonyl (C=O) groups excluding carboxylic acids is 2. The molecule has 1 heterocycles. The van der Waals surface area contributed by atoms with Crippen molar-refractivity contribution in [3.8, 4) is 5.75 Å². The molecule has 148 valence electrons. The largest absolute Gasteiger partial charge is 0.502 e. The lowest BCUT2D eigenvalue weighted by molar-refractivity contribution is -0.385. The van der Waals surface area contributed by atoms with Crippen molar-refractivity contribution in [2.24, 2.45) is 5.41 Å². The minimum Gasteiger partial charge on any atom is -0.502 e. The van der Waals surface area contributed by atoms with Gasteiger partial charge in [0, 0.05) is 35.4 Å². The number of aromatic hydroxyl groups is 1. The Morgan fingerprint density at radius 2 is 2.04 bits per heavy atom. The third kappa shape index (κ3) is 3.26. The van der Waals surface area contributed by atoms with Crippen LogP contribution in [0, 0.1) is 15.5 Å². The molecule has 1 atom stereocenters. The fourth-order valence-electron chi connectivity index (χ4n) is 4.02. The van der Waals surface area contributed by atoms with Crippen LogP contribution in [-0.4, -0.2) is 28.9 Å². The van der Waals surface area contributed by atoms with Crippen LogP contribution in [0.5, 0.6) is 5.75 Å². The summed E-state index contributed by atoms with van der Waals surface area (Å²) in [5.41, 5.74) is 1.73. The van der Waals surface area contributed by atoms with Gasteiger partial charge in [-0.05, 0) is 30.4 Å². The second kappa shape index (κ2) is 6.78. The molecule has 1 unspecified atom stereocenters. The summed E-state index contributed by atoms with van der Waals surface area (Å²) in [6.45, 7) is 5.72. The average molecular weight is 386 g/mol. The van der Waals surface area contributed by atoms with Crippen LogP contribution in [0.2, 0.25) is 0 Å². The Labute approximate surface area is 162 Å². The molecular weight excluding hydrogens is 364 g/mol. The van der Waals surface area contributed by atoms with Crippen molar-refractivity contribution in [3.05, 3.63) is 56.4 Å². The number of hydrogen-bond acceptors (Lipinski definition) is 7. The van der Waals surface area contributed by atoms with E-state index in [1.54, 1.807) is 6.92 Å². The van der Waals surface area contributed by atoms with Crippen LogP contribution in [0.4, 0.5) is 5.69 Å². The van der Waals surface area contributed by atoms with E-state index < -0.39 is 28.2 Å². The molecule has 1 aromatic rings. The second-order valence-electron chi connectivity index (χ2n) is 7.93. The monoisotopic (exact) mass is 386 g/mol. The molecule has 28 heavy (non-hydrogen) atoms. The topological polar surface area (TPSA) is 119 Å². The Kier molecular flexibility index (Phi) is 4.74. The van der Waals surface area contributed by atoms with Crippen molar-refractivity contribution in [2.45, 2.75) is 39.5 Å². The lowest BCUT2D eigenvalue weighted by Gasteiger charge is -2.39. The van der Waals surface area contributed by atoms with Gasteiger partial charge in [0.25, 0.3) is 0 Å². The van der Waals surface area contributed by atoms with E-state index in [0.29, 0.717) is 29.7 Å². The number of hydrogen-bond donors (Lipinski definition) is 2. The first-order valence-electron chi connectivity index (χ1n) is 8.85.